The molecule has 1 aromatic rings. The second-order valence-electron chi connectivity index (χ2n) is 2.71. The predicted molar refractivity (Wildman–Crippen MR) is 59.9 cm³/mol. The molecule has 0 saturated heterocycles. The largest absolute Gasteiger partial charge is 0.398 e. The zero-order valence-electron chi connectivity index (χ0n) is 7.70. The van der Waals surface area contributed by atoms with Crippen LogP contribution < -0.4 is 10.5 Å². The highest BCUT2D eigenvalue weighted by Crippen LogP contribution is 2.21. The highest BCUT2D eigenvalue weighted by atomic mass is 35.5. The molecule has 1 rings (SSSR count). The number of sulfonamides is 1. The summed E-state index contributed by atoms with van der Waals surface area (Å²) >= 11 is 5.64. The summed E-state index contributed by atoms with van der Waals surface area (Å²) < 4.78 is 25.4. The van der Waals surface area contributed by atoms with Crippen LogP contribution in [0.2, 0.25) is 5.02 Å². The van der Waals surface area contributed by atoms with Gasteiger partial charge in [0.15, 0.2) is 0 Å². The zero-order valence-corrected chi connectivity index (χ0v) is 9.27. The van der Waals surface area contributed by atoms with Gasteiger partial charge in [-0.3, -0.25) is 0 Å². The second-order valence-corrected chi connectivity index (χ2v) is 4.88. The van der Waals surface area contributed by atoms with Crippen molar-refractivity contribution >= 4 is 27.3 Å². The van der Waals surface area contributed by atoms with Gasteiger partial charge in [-0.25, -0.2) is 8.42 Å². The van der Waals surface area contributed by atoms with Gasteiger partial charge in [0.05, 0.1) is 12.2 Å². The monoisotopic (exact) mass is 244 g/mol. The standard InChI is InChI=1S/C9H9ClN2O2S/c1-2-5-12-15(13,14)9-4-3-7(10)6-8(9)11/h1,3-4,6,12H,5,11H2. The van der Waals surface area contributed by atoms with E-state index in [1.165, 1.54) is 18.2 Å². The third kappa shape index (κ3) is 2.86. The fraction of sp³-hybridized carbons (Fsp3) is 0.111. The Morgan fingerprint density at radius 3 is 2.73 bits per heavy atom. The van der Waals surface area contributed by atoms with Crippen LogP contribution >= 0.6 is 11.6 Å². The lowest BCUT2D eigenvalue weighted by Crippen LogP contribution is -2.24. The lowest BCUT2D eigenvalue weighted by molar-refractivity contribution is 0.586. The number of terminal acetylenes is 1. The van der Waals surface area contributed by atoms with Gasteiger partial charge in [0.2, 0.25) is 10.0 Å². The SMILES string of the molecule is C#CCNS(=O)(=O)c1ccc(Cl)cc1N. The van der Waals surface area contributed by atoms with E-state index < -0.39 is 10.0 Å². The number of benzene rings is 1. The van der Waals surface area contributed by atoms with Gasteiger partial charge in [-0.1, -0.05) is 17.5 Å². The number of rotatable bonds is 3. The van der Waals surface area contributed by atoms with Gasteiger partial charge in [0.1, 0.15) is 4.90 Å². The normalized spacial score (nSPS) is 10.9. The molecule has 0 saturated carbocycles. The van der Waals surface area contributed by atoms with Crippen LogP contribution in [0, 0.1) is 12.3 Å². The van der Waals surface area contributed by atoms with Crippen LogP contribution in [0.15, 0.2) is 23.1 Å². The first-order valence-corrected chi connectivity index (χ1v) is 5.81. The van der Waals surface area contributed by atoms with Crippen molar-refractivity contribution in [3.63, 3.8) is 0 Å². The van der Waals surface area contributed by atoms with Crippen LogP contribution in [-0.2, 0) is 10.0 Å². The fourth-order valence-electron chi connectivity index (χ4n) is 0.978. The predicted octanol–water partition coefficient (Wildman–Crippen LogP) is 0.834. The van der Waals surface area contributed by atoms with Crippen LogP contribution in [0.1, 0.15) is 0 Å². The summed E-state index contributed by atoms with van der Waals surface area (Å²) in [7, 11) is -3.65. The van der Waals surface area contributed by atoms with Gasteiger partial charge >= 0.3 is 0 Å². The van der Waals surface area contributed by atoms with Crippen LogP contribution in [0.25, 0.3) is 0 Å². The Kier molecular flexibility index (Phi) is 3.58. The maximum Gasteiger partial charge on any atom is 0.243 e. The van der Waals surface area contributed by atoms with Gasteiger partial charge < -0.3 is 5.73 Å². The first kappa shape index (κ1) is 11.9. The molecule has 0 spiro atoms. The number of nitrogen functional groups attached to an aromatic ring is 1. The highest BCUT2D eigenvalue weighted by Gasteiger charge is 2.16. The molecule has 0 amide bonds. The minimum atomic E-state index is -3.65. The van der Waals surface area contributed by atoms with E-state index >= 15 is 0 Å². The topological polar surface area (TPSA) is 72.2 Å². The van der Waals surface area contributed by atoms with Crippen molar-refractivity contribution in [3.8, 4) is 12.3 Å². The molecule has 0 atom stereocenters. The fourth-order valence-corrected chi connectivity index (χ4v) is 2.20. The van der Waals surface area contributed by atoms with E-state index in [0.717, 1.165) is 0 Å². The molecule has 15 heavy (non-hydrogen) atoms. The lowest BCUT2D eigenvalue weighted by Gasteiger charge is -2.06. The Morgan fingerprint density at radius 2 is 2.20 bits per heavy atom. The minimum absolute atomic E-state index is 0.0258. The van der Waals surface area contributed by atoms with Gasteiger partial charge in [-0.05, 0) is 18.2 Å². The molecule has 0 aliphatic carbocycles. The molecule has 0 aromatic heterocycles. The Bertz CT molecular complexity index is 505. The average molecular weight is 245 g/mol. The number of nitrogens with two attached hydrogens (primary N) is 1. The van der Waals surface area contributed by atoms with Gasteiger partial charge in [-0.15, -0.1) is 6.42 Å². The van der Waals surface area contributed by atoms with Crippen LogP contribution in [0.4, 0.5) is 5.69 Å². The van der Waals surface area contributed by atoms with Crippen molar-refractivity contribution in [2.24, 2.45) is 0 Å². The summed E-state index contributed by atoms with van der Waals surface area (Å²) in [5.74, 6) is 2.17. The lowest BCUT2D eigenvalue weighted by atomic mass is 10.3. The van der Waals surface area contributed by atoms with Crippen molar-refractivity contribution in [2.45, 2.75) is 4.90 Å². The molecule has 0 bridgehead atoms. The van der Waals surface area contributed by atoms with Crippen molar-refractivity contribution in [3.05, 3.63) is 23.2 Å². The third-order valence-electron chi connectivity index (χ3n) is 1.63. The van der Waals surface area contributed by atoms with Crippen molar-refractivity contribution in [1.82, 2.24) is 4.72 Å². The van der Waals surface area contributed by atoms with Crippen molar-refractivity contribution in [2.75, 3.05) is 12.3 Å². The van der Waals surface area contributed by atoms with Crippen LogP contribution in [0.3, 0.4) is 0 Å². The molecule has 80 valence electrons. The second kappa shape index (κ2) is 4.53. The van der Waals surface area contributed by atoms with Crippen molar-refractivity contribution < 1.29 is 8.42 Å². The molecule has 4 nitrogen and oxygen atoms in total. The van der Waals surface area contributed by atoms with E-state index in [1.54, 1.807) is 0 Å². The zero-order chi connectivity index (χ0) is 11.5. The van der Waals surface area contributed by atoms with Crippen molar-refractivity contribution in [1.29, 1.82) is 0 Å². The van der Waals surface area contributed by atoms with Crippen LogP contribution in [0.5, 0.6) is 0 Å². The maximum atomic E-state index is 11.6. The van der Waals surface area contributed by atoms with E-state index in [2.05, 4.69) is 10.6 Å². The Hall–Kier alpha value is -1.22. The quantitative estimate of drug-likeness (QED) is 0.611. The highest BCUT2D eigenvalue weighted by molar-refractivity contribution is 7.89. The van der Waals surface area contributed by atoms with Gasteiger partial charge in [-0.2, -0.15) is 4.72 Å². The molecule has 0 aliphatic rings. The van der Waals surface area contributed by atoms with E-state index in [-0.39, 0.29) is 17.1 Å². The number of halogens is 1. The molecule has 0 unspecified atom stereocenters. The number of hydrogen-bond donors (Lipinski definition) is 2. The van der Waals surface area contributed by atoms with E-state index in [4.69, 9.17) is 23.8 Å². The van der Waals surface area contributed by atoms with Crippen LogP contribution in [-0.4, -0.2) is 15.0 Å². The van der Waals surface area contributed by atoms with E-state index in [0.29, 0.717) is 5.02 Å². The molecule has 0 fully saturated rings. The van der Waals surface area contributed by atoms with E-state index in [1.807, 2.05) is 0 Å². The first-order valence-electron chi connectivity index (χ1n) is 3.95. The summed E-state index contributed by atoms with van der Waals surface area (Å²) in [6, 6.07) is 4.14. The Balaban J connectivity index is 3.12. The Morgan fingerprint density at radius 1 is 1.53 bits per heavy atom. The molecular formula is C9H9ClN2O2S. The Labute approximate surface area is 93.5 Å². The molecule has 3 N–H and O–H groups in total. The first-order chi connectivity index (χ1) is 6.97. The number of nitrogens with one attached hydrogen (secondary N) is 1. The molecule has 0 heterocycles. The summed E-state index contributed by atoms with van der Waals surface area (Å²) in [4.78, 5) is -0.0258. The maximum absolute atomic E-state index is 11.6. The smallest absolute Gasteiger partial charge is 0.243 e. The summed E-state index contributed by atoms with van der Waals surface area (Å²) in [5.41, 5.74) is 5.61. The molecular weight excluding hydrogens is 236 g/mol. The van der Waals surface area contributed by atoms with E-state index in [9.17, 15) is 8.42 Å². The van der Waals surface area contributed by atoms with Gasteiger partial charge in [0.25, 0.3) is 0 Å². The summed E-state index contributed by atoms with van der Waals surface area (Å²) in [6.45, 7) is -0.0790. The average Bonchev–Trinajstić information content (AvgIpc) is 2.14. The molecule has 0 radical (unpaired) electrons. The summed E-state index contributed by atoms with van der Waals surface area (Å²) in [5, 5.41) is 0.378. The number of anilines is 1. The minimum Gasteiger partial charge on any atom is -0.398 e. The number of hydrogen-bond acceptors (Lipinski definition) is 3. The molecule has 1 aromatic carbocycles. The molecule has 0 aliphatic heterocycles. The molecule has 6 heteroatoms. The van der Waals surface area contributed by atoms with Gasteiger partial charge in [0, 0.05) is 5.02 Å². The summed E-state index contributed by atoms with van der Waals surface area (Å²) in [6.07, 6.45) is 4.95. The third-order valence-corrected chi connectivity index (χ3v) is 3.34.